The molecule has 0 fully saturated rings. The van der Waals surface area contributed by atoms with Crippen molar-refractivity contribution in [1.82, 2.24) is 15.0 Å². The summed E-state index contributed by atoms with van der Waals surface area (Å²) in [6.45, 7) is 0. The average molecular weight is 561 g/mol. The fourth-order valence-electron chi connectivity index (χ4n) is 2.56. The molecule has 4 aromatic rings. The van der Waals surface area contributed by atoms with E-state index < -0.39 is 7.59 Å². The predicted molar refractivity (Wildman–Crippen MR) is 140 cm³/mol. The van der Waals surface area contributed by atoms with Crippen molar-refractivity contribution < 1.29 is 0 Å². The third kappa shape index (κ3) is 8.18. The molecule has 170 valence electrons. The second-order valence-electron chi connectivity index (χ2n) is 6.52. The highest BCUT2D eigenvalue weighted by Crippen LogP contribution is 2.40. The van der Waals surface area contributed by atoms with Crippen LogP contribution in [0, 0.1) is 0 Å². The number of anilines is 2. The van der Waals surface area contributed by atoms with Crippen LogP contribution in [0.2, 0.25) is 0 Å². The van der Waals surface area contributed by atoms with Gasteiger partial charge in [-0.05, 0) is 24.3 Å². The van der Waals surface area contributed by atoms with Gasteiger partial charge in [0.1, 0.15) is 0 Å². The lowest BCUT2D eigenvalue weighted by molar-refractivity contribution is 0.851. The van der Waals surface area contributed by atoms with Gasteiger partial charge < -0.3 is 5.32 Å². The standard InChI is InChI=1S/C12H11N.C11H5Cl6N3/c1-3-7-11(8-4-1)13-12-9-5-2-6-10-12;12-10(13,14)8-18-7(6-4-2-1-3-5-6)19-9(20-8)11(15,16)17/h1-10,13H;1-5H. The molecule has 3 aromatic carbocycles. The summed E-state index contributed by atoms with van der Waals surface area (Å²) in [6.07, 6.45) is 0. The van der Waals surface area contributed by atoms with Crippen LogP contribution >= 0.6 is 69.6 Å². The van der Waals surface area contributed by atoms with E-state index in [-0.39, 0.29) is 17.5 Å². The van der Waals surface area contributed by atoms with E-state index in [0.29, 0.717) is 5.56 Å². The van der Waals surface area contributed by atoms with E-state index in [1.165, 1.54) is 0 Å². The van der Waals surface area contributed by atoms with Crippen molar-refractivity contribution in [2.24, 2.45) is 0 Å². The number of alkyl halides is 6. The molecule has 1 N–H and O–H groups in total. The first kappa shape index (κ1) is 25.8. The molecule has 10 heteroatoms. The normalized spacial score (nSPS) is 11.3. The van der Waals surface area contributed by atoms with E-state index >= 15 is 0 Å². The van der Waals surface area contributed by atoms with Gasteiger partial charge in [-0.3, -0.25) is 0 Å². The number of hydrogen-bond donors (Lipinski definition) is 1. The quantitative estimate of drug-likeness (QED) is 0.255. The van der Waals surface area contributed by atoms with E-state index in [1.807, 2.05) is 78.9 Å². The topological polar surface area (TPSA) is 50.7 Å². The minimum atomic E-state index is -1.85. The minimum Gasteiger partial charge on any atom is -0.356 e. The van der Waals surface area contributed by atoms with Crippen LogP contribution in [0.1, 0.15) is 11.6 Å². The van der Waals surface area contributed by atoms with Crippen molar-refractivity contribution in [3.8, 4) is 11.4 Å². The highest BCUT2D eigenvalue weighted by Gasteiger charge is 2.33. The molecule has 0 spiro atoms. The molecule has 1 aromatic heterocycles. The Morgan fingerprint density at radius 1 is 0.485 bits per heavy atom. The van der Waals surface area contributed by atoms with Crippen molar-refractivity contribution >= 4 is 81.0 Å². The number of aromatic nitrogens is 3. The van der Waals surface area contributed by atoms with Crippen LogP contribution in [0.5, 0.6) is 0 Å². The molecule has 0 amide bonds. The summed E-state index contributed by atoms with van der Waals surface area (Å²) in [7, 11) is 0. The van der Waals surface area contributed by atoms with Crippen LogP contribution in [0.4, 0.5) is 11.4 Å². The third-order valence-corrected chi connectivity index (χ3v) is 5.02. The summed E-state index contributed by atoms with van der Waals surface area (Å²) in [5, 5.41) is 3.30. The molecule has 0 aliphatic rings. The van der Waals surface area contributed by atoms with Gasteiger partial charge in [0.15, 0.2) is 17.5 Å². The van der Waals surface area contributed by atoms with Gasteiger partial charge in [-0.15, -0.1) is 0 Å². The summed E-state index contributed by atoms with van der Waals surface area (Å²) >= 11 is 34.7. The zero-order valence-corrected chi connectivity index (χ0v) is 21.3. The molecular weight excluding hydrogens is 545 g/mol. The van der Waals surface area contributed by atoms with Gasteiger partial charge >= 0.3 is 0 Å². The SMILES string of the molecule is ClC(Cl)(Cl)c1nc(-c2ccccc2)nc(C(Cl)(Cl)Cl)n1.c1ccc(Nc2ccccc2)cc1. The fourth-order valence-corrected chi connectivity index (χ4v) is 3.06. The van der Waals surface area contributed by atoms with Crippen LogP contribution in [0.15, 0.2) is 91.0 Å². The number of nitrogens with zero attached hydrogens (tertiary/aromatic N) is 3. The van der Waals surface area contributed by atoms with E-state index in [2.05, 4.69) is 20.3 Å². The molecule has 1 heterocycles. The maximum atomic E-state index is 5.79. The summed E-state index contributed by atoms with van der Waals surface area (Å²) in [4.78, 5) is 12.1. The van der Waals surface area contributed by atoms with Gasteiger partial charge in [0.25, 0.3) is 0 Å². The first-order valence-electron chi connectivity index (χ1n) is 9.46. The van der Waals surface area contributed by atoms with Crippen LogP contribution in [-0.4, -0.2) is 15.0 Å². The van der Waals surface area contributed by atoms with Gasteiger partial charge in [0.05, 0.1) is 0 Å². The van der Waals surface area contributed by atoms with Crippen molar-refractivity contribution in [3.63, 3.8) is 0 Å². The number of nitrogens with one attached hydrogen (secondary N) is 1. The Hall–Kier alpha value is -1.79. The molecular formula is C23H16Cl6N4. The number of hydrogen-bond acceptors (Lipinski definition) is 4. The molecule has 0 saturated carbocycles. The molecule has 0 saturated heterocycles. The molecule has 0 aliphatic carbocycles. The van der Waals surface area contributed by atoms with Crippen molar-refractivity contribution in [2.75, 3.05) is 5.32 Å². The molecule has 4 rings (SSSR count). The lowest BCUT2D eigenvalue weighted by Crippen LogP contribution is -2.16. The molecule has 0 radical (unpaired) electrons. The maximum Gasteiger partial charge on any atom is 0.250 e. The Morgan fingerprint density at radius 2 is 0.848 bits per heavy atom. The predicted octanol–water partition coefficient (Wildman–Crippen LogP) is 8.62. The average Bonchev–Trinajstić information content (AvgIpc) is 2.80. The smallest absolute Gasteiger partial charge is 0.250 e. The van der Waals surface area contributed by atoms with Gasteiger partial charge in [-0.1, -0.05) is 136 Å². The summed E-state index contributed by atoms with van der Waals surface area (Å²) in [5.41, 5.74) is 2.92. The van der Waals surface area contributed by atoms with Crippen molar-refractivity contribution in [3.05, 3.63) is 103 Å². The monoisotopic (exact) mass is 558 g/mol. The van der Waals surface area contributed by atoms with Crippen molar-refractivity contribution in [1.29, 1.82) is 0 Å². The van der Waals surface area contributed by atoms with E-state index in [4.69, 9.17) is 69.6 Å². The Morgan fingerprint density at radius 3 is 1.21 bits per heavy atom. The van der Waals surface area contributed by atoms with Gasteiger partial charge in [-0.2, -0.15) is 0 Å². The van der Waals surface area contributed by atoms with Crippen LogP contribution in [0.25, 0.3) is 11.4 Å². The number of halogens is 6. The molecule has 33 heavy (non-hydrogen) atoms. The van der Waals surface area contributed by atoms with Gasteiger partial charge in [0.2, 0.25) is 7.59 Å². The third-order valence-electron chi connectivity index (χ3n) is 4.01. The summed E-state index contributed by atoms with van der Waals surface area (Å²) < 4.78 is -3.70. The van der Waals surface area contributed by atoms with Crippen LogP contribution < -0.4 is 5.32 Å². The molecule has 0 atom stereocenters. The molecule has 0 unspecified atom stereocenters. The number of para-hydroxylation sites is 2. The van der Waals surface area contributed by atoms with Crippen LogP contribution in [-0.2, 0) is 7.59 Å². The van der Waals surface area contributed by atoms with Crippen LogP contribution in [0.3, 0.4) is 0 Å². The Balaban J connectivity index is 0.000000203. The lowest BCUT2D eigenvalue weighted by atomic mass is 10.2. The zero-order valence-electron chi connectivity index (χ0n) is 16.8. The summed E-state index contributed by atoms with van der Waals surface area (Å²) in [5.74, 6) is 0.0265. The van der Waals surface area contributed by atoms with E-state index in [0.717, 1.165) is 11.4 Å². The summed E-state index contributed by atoms with van der Waals surface area (Å²) in [6, 6.07) is 29.3. The van der Waals surface area contributed by atoms with Gasteiger partial charge in [-0.25, -0.2) is 15.0 Å². The Labute approximate surface area is 221 Å². The maximum absolute atomic E-state index is 5.79. The largest absolute Gasteiger partial charge is 0.356 e. The first-order chi connectivity index (χ1) is 15.6. The highest BCUT2D eigenvalue weighted by molar-refractivity contribution is 6.67. The number of rotatable bonds is 3. The molecule has 0 aliphatic heterocycles. The molecule has 0 bridgehead atoms. The van der Waals surface area contributed by atoms with E-state index in [1.54, 1.807) is 12.1 Å². The van der Waals surface area contributed by atoms with Gasteiger partial charge in [0, 0.05) is 16.9 Å². The Kier molecular flexibility index (Phi) is 9.05. The highest BCUT2D eigenvalue weighted by atomic mass is 35.6. The lowest BCUT2D eigenvalue weighted by Gasteiger charge is -2.15. The molecule has 4 nitrogen and oxygen atoms in total. The first-order valence-corrected chi connectivity index (χ1v) is 11.7. The minimum absolute atomic E-state index is 0.113. The Bertz CT molecular complexity index is 1080. The second kappa shape index (κ2) is 11.6. The zero-order chi connectivity index (χ0) is 23.9. The number of benzene rings is 3. The van der Waals surface area contributed by atoms with Crippen molar-refractivity contribution in [2.45, 2.75) is 7.59 Å². The second-order valence-corrected chi connectivity index (χ2v) is 11.1. The fraction of sp³-hybridized carbons (Fsp3) is 0.0870. The van der Waals surface area contributed by atoms with E-state index in [9.17, 15) is 0 Å².